The minimum Gasteiger partial charge on any atom is -0.481 e. The van der Waals surface area contributed by atoms with Crippen LogP contribution in [0.2, 0.25) is 0 Å². The molecule has 0 bridgehead atoms. The molecular weight excluding hydrogens is 266 g/mol. The number of nitrogens with zero attached hydrogens (tertiary/aromatic N) is 2. The summed E-state index contributed by atoms with van der Waals surface area (Å²) in [4.78, 5) is 8.26. The fraction of sp³-hybridized carbons (Fsp3) is 0.375. The molecule has 5 heteroatoms. The van der Waals surface area contributed by atoms with E-state index in [1.807, 2.05) is 6.07 Å². The van der Waals surface area contributed by atoms with Crippen molar-refractivity contribution in [1.82, 2.24) is 15.3 Å². The van der Waals surface area contributed by atoms with E-state index >= 15 is 0 Å². The van der Waals surface area contributed by atoms with E-state index in [-0.39, 0.29) is 0 Å². The average molecular weight is 285 g/mol. The van der Waals surface area contributed by atoms with Crippen molar-refractivity contribution in [3.05, 3.63) is 47.8 Å². The molecule has 2 atom stereocenters. The molecular formula is C16H19N3O2. The Bertz CT molecular complexity index is 581. The minimum atomic E-state index is 0.488. The van der Waals surface area contributed by atoms with Crippen molar-refractivity contribution in [2.75, 3.05) is 14.2 Å². The molecule has 1 aromatic carbocycles. The molecule has 0 aliphatic heterocycles. The van der Waals surface area contributed by atoms with Gasteiger partial charge in [0.05, 0.1) is 19.8 Å². The summed E-state index contributed by atoms with van der Waals surface area (Å²) in [5.41, 5.74) is 2.25. The Labute approximate surface area is 124 Å². The summed E-state index contributed by atoms with van der Waals surface area (Å²) in [7, 11) is 3.21. The monoisotopic (exact) mass is 285 g/mol. The Morgan fingerprint density at radius 1 is 1.10 bits per heavy atom. The van der Waals surface area contributed by atoms with E-state index in [2.05, 4.69) is 39.6 Å². The van der Waals surface area contributed by atoms with Gasteiger partial charge in [-0.15, -0.1) is 0 Å². The molecule has 0 saturated heterocycles. The third-order valence-electron chi connectivity index (χ3n) is 3.81. The quantitative estimate of drug-likeness (QED) is 0.881. The van der Waals surface area contributed by atoms with E-state index in [0.29, 0.717) is 30.3 Å². The van der Waals surface area contributed by atoms with Crippen molar-refractivity contribution >= 4 is 0 Å². The lowest BCUT2D eigenvalue weighted by molar-refractivity contribution is 0.359. The zero-order chi connectivity index (χ0) is 14.7. The predicted molar refractivity (Wildman–Crippen MR) is 79.6 cm³/mol. The van der Waals surface area contributed by atoms with E-state index in [9.17, 15) is 0 Å². The van der Waals surface area contributed by atoms with E-state index < -0.39 is 0 Å². The van der Waals surface area contributed by atoms with Crippen LogP contribution in [0.5, 0.6) is 11.8 Å². The fourth-order valence-corrected chi connectivity index (χ4v) is 2.61. The number of rotatable bonds is 6. The molecule has 1 aromatic heterocycles. The first-order valence-corrected chi connectivity index (χ1v) is 7.03. The third kappa shape index (κ3) is 2.97. The van der Waals surface area contributed by atoms with Gasteiger partial charge < -0.3 is 14.8 Å². The number of benzene rings is 1. The van der Waals surface area contributed by atoms with Gasteiger partial charge in [0.25, 0.3) is 0 Å². The normalized spacial score (nSPS) is 20.1. The zero-order valence-electron chi connectivity index (χ0n) is 12.2. The molecule has 1 aliphatic rings. The van der Waals surface area contributed by atoms with Gasteiger partial charge in [0.1, 0.15) is 6.33 Å². The second-order valence-electron chi connectivity index (χ2n) is 5.11. The first-order valence-electron chi connectivity index (χ1n) is 7.03. The van der Waals surface area contributed by atoms with Crippen molar-refractivity contribution in [2.45, 2.75) is 24.9 Å². The van der Waals surface area contributed by atoms with Crippen LogP contribution >= 0.6 is 0 Å². The maximum absolute atomic E-state index is 5.28. The second kappa shape index (κ2) is 6.10. The Morgan fingerprint density at radius 2 is 1.76 bits per heavy atom. The predicted octanol–water partition coefficient (Wildman–Crippen LogP) is 2.14. The molecule has 5 nitrogen and oxygen atoms in total. The Balaban J connectivity index is 1.64. The summed E-state index contributed by atoms with van der Waals surface area (Å²) in [6.45, 7) is 0.640. The molecule has 0 radical (unpaired) electrons. The smallest absolute Gasteiger partial charge is 0.224 e. The fourth-order valence-electron chi connectivity index (χ4n) is 2.61. The van der Waals surface area contributed by atoms with Crippen LogP contribution in [0.3, 0.4) is 0 Å². The lowest BCUT2D eigenvalue weighted by Gasteiger charge is -2.11. The molecule has 1 saturated carbocycles. The third-order valence-corrected chi connectivity index (χ3v) is 3.81. The van der Waals surface area contributed by atoms with Gasteiger partial charge in [0, 0.05) is 18.5 Å². The van der Waals surface area contributed by atoms with Crippen LogP contribution in [-0.4, -0.2) is 30.2 Å². The van der Waals surface area contributed by atoms with Crippen LogP contribution in [0.4, 0.5) is 0 Å². The molecule has 21 heavy (non-hydrogen) atoms. The number of aromatic nitrogens is 2. The molecule has 0 amide bonds. The molecule has 1 aliphatic carbocycles. The number of hydrogen-bond acceptors (Lipinski definition) is 5. The molecule has 1 N–H and O–H groups in total. The van der Waals surface area contributed by atoms with Gasteiger partial charge in [-0.25, -0.2) is 9.97 Å². The molecule has 110 valence electrons. The van der Waals surface area contributed by atoms with Crippen molar-refractivity contribution < 1.29 is 9.47 Å². The summed E-state index contributed by atoms with van der Waals surface area (Å²) < 4.78 is 10.6. The van der Waals surface area contributed by atoms with Gasteiger partial charge in [-0.3, -0.25) is 0 Å². The first-order chi connectivity index (χ1) is 10.3. The first kappa shape index (κ1) is 13.8. The maximum Gasteiger partial charge on any atom is 0.224 e. The van der Waals surface area contributed by atoms with Gasteiger partial charge in [0.2, 0.25) is 11.8 Å². The highest BCUT2D eigenvalue weighted by molar-refractivity contribution is 5.35. The summed E-state index contributed by atoms with van der Waals surface area (Å²) in [5.74, 6) is 1.71. The lowest BCUT2D eigenvalue weighted by atomic mass is 10.1. The largest absolute Gasteiger partial charge is 0.481 e. The van der Waals surface area contributed by atoms with Crippen LogP contribution < -0.4 is 14.8 Å². The maximum atomic E-state index is 5.28. The molecule has 3 rings (SSSR count). The van der Waals surface area contributed by atoms with Crippen molar-refractivity contribution in [3.63, 3.8) is 0 Å². The van der Waals surface area contributed by atoms with Crippen LogP contribution in [0.1, 0.15) is 23.5 Å². The van der Waals surface area contributed by atoms with Crippen LogP contribution in [0.15, 0.2) is 36.7 Å². The summed E-state index contributed by atoms with van der Waals surface area (Å²) >= 11 is 0. The molecule has 0 spiro atoms. The Kier molecular flexibility index (Phi) is 4.01. The summed E-state index contributed by atoms with van der Waals surface area (Å²) in [6.07, 6.45) is 2.60. The van der Waals surface area contributed by atoms with Crippen molar-refractivity contribution in [3.8, 4) is 11.8 Å². The number of hydrogen-bond donors (Lipinski definition) is 1. The highest BCUT2D eigenvalue weighted by atomic mass is 16.5. The van der Waals surface area contributed by atoms with Gasteiger partial charge >= 0.3 is 0 Å². The zero-order valence-corrected chi connectivity index (χ0v) is 12.2. The van der Waals surface area contributed by atoms with Crippen molar-refractivity contribution in [1.29, 1.82) is 0 Å². The summed E-state index contributed by atoms with van der Waals surface area (Å²) in [6, 6.07) is 11.1. The molecule has 2 aromatic rings. The van der Waals surface area contributed by atoms with Crippen LogP contribution in [-0.2, 0) is 6.54 Å². The number of ether oxygens (including phenoxy) is 2. The highest BCUT2D eigenvalue weighted by Gasteiger charge is 2.38. The Morgan fingerprint density at radius 3 is 2.38 bits per heavy atom. The van der Waals surface area contributed by atoms with E-state index in [1.165, 1.54) is 11.9 Å². The standard InChI is InChI=1S/C16H19N3O2/c1-20-15-13(16(21-2)19-10-18-15)9-17-14-8-12(14)11-6-4-3-5-7-11/h3-7,10,12,14,17H,8-9H2,1-2H3. The van der Waals surface area contributed by atoms with Crippen molar-refractivity contribution in [2.24, 2.45) is 0 Å². The lowest BCUT2D eigenvalue weighted by Crippen LogP contribution is -2.19. The van der Waals surface area contributed by atoms with Gasteiger partial charge in [0.15, 0.2) is 0 Å². The minimum absolute atomic E-state index is 0.488. The average Bonchev–Trinajstić information content (AvgIpc) is 3.33. The topological polar surface area (TPSA) is 56.3 Å². The van der Waals surface area contributed by atoms with Crippen LogP contribution in [0.25, 0.3) is 0 Å². The molecule has 2 unspecified atom stereocenters. The number of nitrogens with one attached hydrogen (secondary N) is 1. The van der Waals surface area contributed by atoms with E-state index in [0.717, 1.165) is 12.0 Å². The van der Waals surface area contributed by atoms with Gasteiger partial charge in [-0.1, -0.05) is 30.3 Å². The Hall–Kier alpha value is -2.14. The summed E-state index contributed by atoms with van der Waals surface area (Å²) in [5, 5.41) is 3.53. The SMILES string of the molecule is COc1ncnc(OC)c1CNC1CC1c1ccccc1. The second-order valence-corrected chi connectivity index (χ2v) is 5.11. The highest BCUT2D eigenvalue weighted by Crippen LogP contribution is 2.41. The molecule has 1 heterocycles. The number of methoxy groups -OCH3 is 2. The van der Waals surface area contributed by atoms with E-state index in [1.54, 1.807) is 14.2 Å². The van der Waals surface area contributed by atoms with E-state index in [4.69, 9.17) is 9.47 Å². The molecule has 1 fully saturated rings. The van der Waals surface area contributed by atoms with Gasteiger partial charge in [-0.05, 0) is 12.0 Å². The van der Waals surface area contributed by atoms with Gasteiger partial charge in [-0.2, -0.15) is 0 Å². The van der Waals surface area contributed by atoms with Crippen LogP contribution in [0, 0.1) is 0 Å².